The standard InChI is InChI=1S/C19H18Cl2N2O5S/c20-13-6-8-16(9-7-13)29(26,27)23-10-2-5-17(23)19(25)28-12-18(24)22-15-4-1-3-14(21)11-15/h1,3-4,6-9,11,17H,2,5,10,12H2,(H,22,24). The van der Waals surface area contributed by atoms with Crippen LogP contribution in [0, 0.1) is 0 Å². The molecule has 3 rings (SSSR count). The first-order chi connectivity index (χ1) is 13.8. The van der Waals surface area contributed by atoms with Crippen LogP contribution in [-0.4, -0.2) is 43.8 Å². The van der Waals surface area contributed by atoms with Gasteiger partial charge in [0.05, 0.1) is 4.90 Å². The van der Waals surface area contributed by atoms with Crippen molar-refractivity contribution in [1.29, 1.82) is 0 Å². The molecule has 0 radical (unpaired) electrons. The van der Waals surface area contributed by atoms with E-state index >= 15 is 0 Å². The summed E-state index contributed by atoms with van der Waals surface area (Å²) >= 11 is 11.7. The van der Waals surface area contributed by atoms with Crippen molar-refractivity contribution in [3.63, 3.8) is 0 Å². The lowest BCUT2D eigenvalue weighted by Crippen LogP contribution is -2.42. The van der Waals surface area contributed by atoms with E-state index in [2.05, 4.69) is 5.32 Å². The maximum absolute atomic E-state index is 12.9. The lowest BCUT2D eigenvalue weighted by Gasteiger charge is -2.22. The summed E-state index contributed by atoms with van der Waals surface area (Å²) in [6.07, 6.45) is 0.836. The predicted molar refractivity (Wildman–Crippen MR) is 109 cm³/mol. The van der Waals surface area contributed by atoms with Gasteiger partial charge in [-0.15, -0.1) is 0 Å². The average Bonchev–Trinajstić information content (AvgIpc) is 3.17. The molecular weight excluding hydrogens is 439 g/mol. The van der Waals surface area contributed by atoms with Crippen molar-refractivity contribution >= 4 is 50.8 Å². The summed E-state index contributed by atoms with van der Waals surface area (Å²) in [6.45, 7) is -0.337. The number of carbonyl (C=O) groups excluding carboxylic acids is 2. The van der Waals surface area contributed by atoms with Crippen molar-refractivity contribution in [2.45, 2.75) is 23.8 Å². The first-order valence-corrected chi connectivity index (χ1v) is 11.0. The van der Waals surface area contributed by atoms with E-state index in [0.717, 1.165) is 4.31 Å². The van der Waals surface area contributed by atoms with Crippen LogP contribution in [0.5, 0.6) is 0 Å². The second-order valence-corrected chi connectivity index (χ2v) is 9.16. The van der Waals surface area contributed by atoms with E-state index in [4.69, 9.17) is 27.9 Å². The van der Waals surface area contributed by atoms with Gasteiger partial charge in [0.15, 0.2) is 6.61 Å². The number of hydrogen-bond acceptors (Lipinski definition) is 5. The van der Waals surface area contributed by atoms with Gasteiger partial charge in [0, 0.05) is 22.3 Å². The Bertz CT molecular complexity index is 1010. The van der Waals surface area contributed by atoms with Crippen LogP contribution < -0.4 is 5.32 Å². The van der Waals surface area contributed by atoms with Crippen LogP contribution >= 0.6 is 23.2 Å². The minimum absolute atomic E-state index is 0.0419. The van der Waals surface area contributed by atoms with E-state index in [0.29, 0.717) is 28.6 Å². The molecule has 154 valence electrons. The second kappa shape index (κ2) is 9.13. The van der Waals surface area contributed by atoms with Crippen LogP contribution in [0.25, 0.3) is 0 Å². The Labute approximate surface area is 178 Å². The van der Waals surface area contributed by atoms with Gasteiger partial charge < -0.3 is 10.1 Å². The highest BCUT2D eigenvalue weighted by Crippen LogP contribution is 2.27. The van der Waals surface area contributed by atoms with Gasteiger partial charge in [0.2, 0.25) is 10.0 Å². The number of ether oxygens (including phenoxy) is 1. The van der Waals surface area contributed by atoms with Gasteiger partial charge in [0.25, 0.3) is 5.91 Å². The summed E-state index contributed by atoms with van der Waals surface area (Å²) in [5.74, 6) is -1.31. The minimum atomic E-state index is -3.88. The minimum Gasteiger partial charge on any atom is -0.454 e. The fraction of sp³-hybridized carbons (Fsp3) is 0.263. The molecule has 1 N–H and O–H groups in total. The van der Waals surface area contributed by atoms with Crippen LogP contribution in [-0.2, 0) is 24.3 Å². The highest BCUT2D eigenvalue weighted by atomic mass is 35.5. The number of benzene rings is 2. The molecule has 1 unspecified atom stereocenters. The molecule has 7 nitrogen and oxygen atoms in total. The lowest BCUT2D eigenvalue weighted by atomic mass is 10.2. The van der Waals surface area contributed by atoms with Crippen LogP contribution in [0.4, 0.5) is 5.69 Å². The molecule has 1 saturated heterocycles. The maximum Gasteiger partial charge on any atom is 0.324 e. The third-order valence-electron chi connectivity index (χ3n) is 4.35. The van der Waals surface area contributed by atoms with Crippen LogP contribution in [0.1, 0.15) is 12.8 Å². The average molecular weight is 457 g/mol. The Morgan fingerprint density at radius 3 is 2.52 bits per heavy atom. The highest BCUT2D eigenvalue weighted by Gasteiger charge is 2.40. The van der Waals surface area contributed by atoms with Crippen molar-refractivity contribution in [2.24, 2.45) is 0 Å². The van der Waals surface area contributed by atoms with Crippen molar-refractivity contribution < 1.29 is 22.7 Å². The van der Waals surface area contributed by atoms with Crippen LogP contribution in [0.15, 0.2) is 53.4 Å². The van der Waals surface area contributed by atoms with E-state index < -0.39 is 34.5 Å². The molecule has 2 aromatic carbocycles. The summed E-state index contributed by atoms with van der Waals surface area (Å²) in [5, 5.41) is 3.42. The number of anilines is 1. The van der Waals surface area contributed by atoms with E-state index in [-0.39, 0.29) is 11.4 Å². The molecule has 0 aliphatic carbocycles. The third kappa shape index (κ3) is 5.27. The van der Waals surface area contributed by atoms with Gasteiger partial charge in [-0.3, -0.25) is 9.59 Å². The van der Waals surface area contributed by atoms with Crippen LogP contribution in [0.2, 0.25) is 10.0 Å². The quantitative estimate of drug-likeness (QED) is 0.672. The molecule has 1 fully saturated rings. The summed E-state index contributed by atoms with van der Waals surface area (Å²) in [6, 6.07) is 11.3. The molecule has 0 aromatic heterocycles. The number of rotatable bonds is 6. The zero-order valence-corrected chi connectivity index (χ0v) is 17.5. The van der Waals surface area contributed by atoms with Gasteiger partial charge in [-0.1, -0.05) is 29.3 Å². The molecular formula is C19H18Cl2N2O5S. The largest absolute Gasteiger partial charge is 0.454 e. The SMILES string of the molecule is O=C(COC(=O)C1CCCN1S(=O)(=O)c1ccc(Cl)cc1)Nc1cccc(Cl)c1. The molecule has 10 heteroatoms. The van der Waals surface area contributed by atoms with Crippen molar-refractivity contribution in [3.05, 3.63) is 58.6 Å². The Hall–Kier alpha value is -2.13. The number of sulfonamides is 1. The summed E-state index contributed by atoms with van der Waals surface area (Å²) in [5.41, 5.74) is 0.464. The molecule has 1 aliphatic heterocycles. The first kappa shape index (κ1) is 21.6. The molecule has 0 spiro atoms. The predicted octanol–water partition coefficient (Wildman–Crippen LogP) is 3.33. The summed E-state index contributed by atoms with van der Waals surface area (Å²) in [7, 11) is -3.88. The van der Waals surface area contributed by atoms with Gasteiger partial charge in [0.1, 0.15) is 6.04 Å². The topological polar surface area (TPSA) is 92.8 Å². The Kier molecular flexibility index (Phi) is 6.79. The molecule has 29 heavy (non-hydrogen) atoms. The van der Waals surface area contributed by atoms with Crippen LogP contribution in [0.3, 0.4) is 0 Å². The number of halogens is 2. The Morgan fingerprint density at radius 2 is 1.83 bits per heavy atom. The van der Waals surface area contributed by atoms with Gasteiger partial charge >= 0.3 is 5.97 Å². The molecule has 1 amide bonds. The van der Waals surface area contributed by atoms with Crippen molar-refractivity contribution in [1.82, 2.24) is 4.31 Å². The smallest absolute Gasteiger partial charge is 0.324 e. The summed E-state index contributed by atoms with van der Waals surface area (Å²) < 4.78 is 31.9. The van der Waals surface area contributed by atoms with Crippen molar-refractivity contribution in [3.8, 4) is 0 Å². The molecule has 1 heterocycles. The molecule has 0 bridgehead atoms. The number of nitrogens with zero attached hydrogens (tertiary/aromatic N) is 1. The fourth-order valence-corrected chi connectivity index (χ4v) is 4.96. The number of carbonyl (C=O) groups is 2. The number of hydrogen-bond donors (Lipinski definition) is 1. The Morgan fingerprint density at radius 1 is 1.10 bits per heavy atom. The van der Waals surface area contributed by atoms with E-state index in [1.54, 1.807) is 24.3 Å². The van der Waals surface area contributed by atoms with Gasteiger partial charge in [-0.2, -0.15) is 4.31 Å². The highest BCUT2D eigenvalue weighted by molar-refractivity contribution is 7.89. The van der Waals surface area contributed by atoms with E-state index in [1.807, 2.05) is 0 Å². The van der Waals surface area contributed by atoms with E-state index in [9.17, 15) is 18.0 Å². The normalized spacial score (nSPS) is 17.1. The monoisotopic (exact) mass is 456 g/mol. The van der Waals surface area contributed by atoms with Crippen molar-refractivity contribution in [2.75, 3.05) is 18.5 Å². The second-order valence-electron chi connectivity index (χ2n) is 6.39. The molecule has 0 saturated carbocycles. The fourth-order valence-electron chi connectivity index (χ4n) is 3.00. The molecule has 1 atom stereocenters. The first-order valence-electron chi connectivity index (χ1n) is 8.77. The lowest BCUT2D eigenvalue weighted by molar-refractivity contribution is -0.150. The Balaban J connectivity index is 1.62. The van der Waals surface area contributed by atoms with E-state index in [1.165, 1.54) is 24.3 Å². The number of esters is 1. The third-order valence-corrected chi connectivity index (χ3v) is 6.76. The number of amides is 1. The number of nitrogens with one attached hydrogen (secondary N) is 1. The maximum atomic E-state index is 12.9. The molecule has 1 aliphatic rings. The zero-order chi connectivity index (χ0) is 21.0. The summed E-state index contributed by atoms with van der Waals surface area (Å²) in [4.78, 5) is 24.5. The van der Waals surface area contributed by atoms with Gasteiger partial charge in [-0.25, -0.2) is 8.42 Å². The van der Waals surface area contributed by atoms with Gasteiger partial charge in [-0.05, 0) is 55.3 Å². The zero-order valence-electron chi connectivity index (χ0n) is 15.2. The molecule has 2 aromatic rings.